The lowest BCUT2D eigenvalue weighted by atomic mass is 10.1. The molecule has 6 heteroatoms. The van der Waals surface area contributed by atoms with E-state index in [4.69, 9.17) is 9.63 Å². The van der Waals surface area contributed by atoms with Gasteiger partial charge in [0.25, 0.3) is 0 Å². The largest absolute Gasteiger partial charge is 0.395 e. The van der Waals surface area contributed by atoms with E-state index in [1.807, 2.05) is 44.2 Å². The van der Waals surface area contributed by atoms with Crippen molar-refractivity contribution in [1.29, 1.82) is 0 Å². The van der Waals surface area contributed by atoms with Gasteiger partial charge in [-0.15, -0.1) is 0 Å². The fraction of sp³-hybridized carbons (Fsp3) is 0.412. The molecule has 0 saturated heterocycles. The second-order valence-corrected chi connectivity index (χ2v) is 5.42. The molecular formula is C17H23N3O3. The predicted molar refractivity (Wildman–Crippen MR) is 87.0 cm³/mol. The first-order chi connectivity index (χ1) is 11.1. The van der Waals surface area contributed by atoms with E-state index in [-0.39, 0.29) is 12.6 Å². The van der Waals surface area contributed by atoms with Crippen LogP contribution in [0, 0.1) is 13.8 Å². The summed E-state index contributed by atoms with van der Waals surface area (Å²) in [7, 11) is 0. The number of aryl methyl sites for hydroxylation is 2. The number of urea groups is 1. The topological polar surface area (TPSA) is 78.6 Å². The summed E-state index contributed by atoms with van der Waals surface area (Å²) in [6, 6.07) is 9.53. The number of benzene rings is 1. The number of amides is 2. The first-order valence-electron chi connectivity index (χ1n) is 7.71. The van der Waals surface area contributed by atoms with Gasteiger partial charge in [-0.1, -0.05) is 35.5 Å². The van der Waals surface area contributed by atoms with Crippen LogP contribution in [0.25, 0.3) is 0 Å². The lowest BCUT2D eigenvalue weighted by molar-refractivity contribution is 0.174. The zero-order valence-corrected chi connectivity index (χ0v) is 13.6. The summed E-state index contributed by atoms with van der Waals surface area (Å²) in [5.74, 6) is 0.785. The van der Waals surface area contributed by atoms with Crippen LogP contribution in [-0.4, -0.2) is 40.9 Å². The maximum Gasteiger partial charge on any atom is 0.317 e. The van der Waals surface area contributed by atoms with Crippen molar-refractivity contribution in [3.63, 3.8) is 0 Å². The van der Waals surface area contributed by atoms with Crippen molar-refractivity contribution in [2.45, 2.75) is 26.8 Å². The fourth-order valence-electron chi connectivity index (χ4n) is 2.44. The molecule has 0 atom stereocenters. The van der Waals surface area contributed by atoms with Gasteiger partial charge in [-0.05, 0) is 25.8 Å². The molecule has 0 fully saturated rings. The Hall–Kier alpha value is -2.34. The Morgan fingerprint density at radius 2 is 2.04 bits per heavy atom. The second-order valence-electron chi connectivity index (χ2n) is 5.42. The number of hydrogen-bond donors (Lipinski definition) is 2. The Morgan fingerprint density at radius 3 is 2.65 bits per heavy atom. The molecule has 0 aliphatic rings. The smallest absolute Gasteiger partial charge is 0.317 e. The maximum atomic E-state index is 12.3. The van der Waals surface area contributed by atoms with Gasteiger partial charge >= 0.3 is 6.03 Å². The molecule has 1 aromatic heterocycles. The Balaban J connectivity index is 1.88. The fourth-order valence-corrected chi connectivity index (χ4v) is 2.44. The van der Waals surface area contributed by atoms with Crippen molar-refractivity contribution in [3.05, 3.63) is 52.9 Å². The van der Waals surface area contributed by atoms with Crippen LogP contribution in [0.1, 0.15) is 22.6 Å². The number of aliphatic hydroxyl groups is 1. The predicted octanol–water partition coefficient (Wildman–Crippen LogP) is 2.04. The van der Waals surface area contributed by atoms with Crippen molar-refractivity contribution in [2.75, 3.05) is 19.7 Å². The molecule has 0 aliphatic heterocycles. The summed E-state index contributed by atoms with van der Waals surface area (Å²) >= 11 is 0. The molecule has 23 heavy (non-hydrogen) atoms. The van der Waals surface area contributed by atoms with E-state index in [9.17, 15) is 4.79 Å². The number of nitrogens with zero attached hydrogens (tertiary/aromatic N) is 2. The summed E-state index contributed by atoms with van der Waals surface area (Å²) in [5.41, 5.74) is 2.91. The van der Waals surface area contributed by atoms with Crippen molar-refractivity contribution in [1.82, 2.24) is 15.4 Å². The number of rotatable bonds is 7. The van der Waals surface area contributed by atoms with Crippen molar-refractivity contribution in [3.8, 4) is 0 Å². The van der Waals surface area contributed by atoms with Crippen LogP contribution in [0.4, 0.5) is 4.79 Å². The first-order valence-corrected chi connectivity index (χ1v) is 7.71. The van der Waals surface area contributed by atoms with Crippen molar-refractivity contribution < 1.29 is 14.4 Å². The van der Waals surface area contributed by atoms with Gasteiger partial charge in [-0.25, -0.2) is 4.79 Å². The van der Waals surface area contributed by atoms with E-state index in [1.54, 1.807) is 4.90 Å². The molecule has 1 heterocycles. The van der Waals surface area contributed by atoms with Crippen LogP contribution in [0.2, 0.25) is 0 Å². The third-order valence-electron chi connectivity index (χ3n) is 3.71. The Labute approximate surface area is 136 Å². The molecule has 1 aromatic carbocycles. The maximum absolute atomic E-state index is 12.3. The molecule has 2 aromatic rings. The van der Waals surface area contributed by atoms with Crippen LogP contribution in [0.5, 0.6) is 0 Å². The molecule has 0 saturated carbocycles. The van der Waals surface area contributed by atoms with Crippen molar-refractivity contribution in [2.24, 2.45) is 0 Å². The molecule has 2 amide bonds. The summed E-state index contributed by atoms with van der Waals surface area (Å²) in [6.45, 7) is 4.96. The lowest BCUT2D eigenvalue weighted by Gasteiger charge is -2.22. The molecule has 0 radical (unpaired) electrons. The normalized spacial score (nSPS) is 10.6. The third kappa shape index (κ3) is 4.82. The minimum atomic E-state index is -0.185. The number of aromatic nitrogens is 1. The third-order valence-corrected chi connectivity index (χ3v) is 3.71. The summed E-state index contributed by atoms with van der Waals surface area (Å²) < 4.78 is 5.11. The minimum absolute atomic E-state index is 0.0654. The number of hydrogen-bond acceptors (Lipinski definition) is 4. The Morgan fingerprint density at radius 1 is 1.30 bits per heavy atom. The first kappa shape index (κ1) is 17.0. The number of nitrogens with one attached hydrogen (secondary N) is 1. The molecular weight excluding hydrogens is 294 g/mol. The van der Waals surface area contributed by atoms with E-state index in [0.717, 1.165) is 22.6 Å². The molecule has 2 N–H and O–H groups in total. The minimum Gasteiger partial charge on any atom is -0.395 e. The van der Waals surface area contributed by atoms with Crippen LogP contribution in [0.15, 0.2) is 34.9 Å². The van der Waals surface area contributed by atoms with Crippen LogP contribution in [0.3, 0.4) is 0 Å². The lowest BCUT2D eigenvalue weighted by Crippen LogP contribution is -2.41. The average molecular weight is 317 g/mol. The highest BCUT2D eigenvalue weighted by Crippen LogP contribution is 2.12. The quantitative estimate of drug-likeness (QED) is 0.819. The number of carbonyl (C=O) groups is 1. The van der Waals surface area contributed by atoms with Gasteiger partial charge < -0.3 is 19.8 Å². The van der Waals surface area contributed by atoms with Crippen LogP contribution in [-0.2, 0) is 13.0 Å². The second kappa shape index (κ2) is 8.33. The van der Waals surface area contributed by atoms with E-state index in [1.165, 1.54) is 0 Å². The van der Waals surface area contributed by atoms with E-state index < -0.39 is 0 Å². The van der Waals surface area contributed by atoms with E-state index >= 15 is 0 Å². The molecule has 6 nitrogen and oxygen atoms in total. The Kier molecular flexibility index (Phi) is 6.17. The van der Waals surface area contributed by atoms with Gasteiger partial charge in [0.05, 0.1) is 12.3 Å². The zero-order valence-electron chi connectivity index (χ0n) is 13.6. The highest BCUT2D eigenvalue weighted by molar-refractivity contribution is 5.74. The van der Waals surface area contributed by atoms with Crippen LogP contribution < -0.4 is 5.32 Å². The van der Waals surface area contributed by atoms with Crippen molar-refractivity contribution >= 4 is 6.03 Å². The van der Waals surface area contributed by atoms with Gasteiger partial charge in [0.1, 0.15) is 5.76 Å². The highest BCUT2D eigenvalue weighted by atomic mass is 16.5. The standard InChI is InChI=1S/C17H23N3O3/c1-13-16(14(2)23-19-13)8-9-18-17(22)20(10-11-21)12-15-6-4-3-5-7-15/h3-7,21H,8-12H2,1-2H3,(H,18,22). The van der Waals surface area contributed by atoms with Gasteiger partial charge in [0.15, 0.2) is 0 Å². The molecule has 2 rings (SSSR count). The Bertz CT molecular complexity index is 606. The SMILES string of the molecule is Cc1noc(C)c1CCNC(=O)N(CCO)Cc1ccccc1. The van der Waals surface area contributed by atoms with E-state index in [0.29, 0.717) is 26.1 Å². The monoisotopic (exact) mass is 317 g/mol. The van der Waals surface area contributed by atoms with Gasteiger partial charge in [-0.2, -0.15) is 0 Å². The van der Waals surface area contributed by atoms with Gasteiger partial charge in [0, 0.05) is 25.2 Å². The number of aliphatic hydroxyl groups excluding tert-OH is 1. The highest BCUT2D eigenvalue weighted by Gasteiger charge is 2.14. The zero-order chi connectivity index (χ0) is 16.7. The molecule has 0 spiro atoms. The van der Waals surface area contributed by atoms with E-state index in [2.05, 4.69) is 10.5 Å². The molecule has 0 aliphatic carbocycles. The van der Waals surface area contributed by atoms with Crippen LogP contribution >= 0.6 is 0 Å². The molecule has 124 valence electrons. The average Bonchev–Trinajstić information content (AvgIpc) is 2.87. The number of carbonyl (C=O) groups excluding carboxylic acids is 1. The molecule has 0 bridgehead atoms. The summed E-state index contributed by atoms with van der Waals surface area (Å²) in [4.78, 5) is 13.9. The molecule has 0 unspecified atom stereocenters. The summed E-state index contributed by atoms with van der Waals surface area (Å²) in [6.07, 6.45) is 0.672. The summed E-state index contributed by atoms with van der Waals surface area (Å²) in [5, 5.41) is 16.0. The van der Waals surface area contributed by atoms with Gasteiger partial charge in [-0.3, -0.25) is 0 Å². The van der Waals surface area contributed by atoms with Gasteiger partial charge in [0.2, 0.25) is 0 Å².